The molecule has 0 saturated carbocycles. The summed E-state index contributed by atoms with van der Waals surface area (Å²) in [4.78, 5) is 0. The van der Waals surface area contributed by atoms with Gasteiger partial charge in [-0.15, -0.1) is 0 Å². The van der Waals surface area contributed by atoms with Gasteiger partial charge in [-0.05, 0) is 46.5 Å². The molecule has 0 fully saturated rings. The molecule has 0 radical (unpaired) electrons. The SMILES string of the molecule is CCCCOc1cc2ccc3cccc4ccc(c1OCCCC)c2c34. The molecule has 0 aliphatic rings. The van der Waals surface area contributed by atoms with Gasteiger partial charge in [0.2, 0.25) is 0 Å². The minimum Gasteiger partial charge on any atom is -0.490 e. The summed E-state index contributed by atoms with van der Waals surface area (Å²) in [6.45, 7) is 5.83. The first-order chi connectivity index (χ1) is 12.8. The van der Waals surface area contributed by atoms with Crippen LogP contribution >= 0.6 is 0 Å². The highest BCUT2D eigenvalue weighted by molar-refractivity contribution is 6.24. The van der Waals surface area contributed by atoms with E-state index in [1.807, 2.05) is 0 Å². The van der Waals surface area contributed by atoms with E-state index in [0.29, 0.717) is 0 Å². The Hall–Kier alpha value is -2.48. The lowest BCUT2D eigenvalue weighted by atomic mass is 9.93. The molecule has 2 nitrogen and oxygen atoms in total. The van der Waals surface area contributed by atoms with E-state index in [1.165, 1.54) is 26.9 Å². The van der Waals surface area contributed by atoms with Crippen LogP contribution in [0.25, 0.3) is 32.3 Å². The Morgan fingerprint density at radius 1 is 0.692 bits per heavy atom. The Labute approximate surface area is 155 Å². The summed E-state index contributed by atoms with van der Waals surface area (Å²) in [5.74, 6) is 1.78. The van der Waals surface area contributed by atoms with E-state index in [2.05, 4.69) is 62.4 Å². The second-order valence-electron chi connectivity index (χ2n) is 6.96. The zero-order valence-electron chi connectivity index (χ0n) is 15.7. The zero-order chi connectivity index (χ0) is 17.9. The fraction of sp³-hybridized carbons (Fsp3) is 0.333. The summed E-state index contributed by atoms with van der Waals surface area (Å²) in [5, 5.41) is 7.55. The lowest BCUT2D eigenvalue weighted by Crippen LogP contribution is -2.03. The predicted molar refractivity (Wildman–Crippen MR) is 111 cm³/mol. The van der Waals surface area contributed by atoms with Crippen molar-refractivity contribution < 1.29 is 9.47 Å². The van der Waals surface area contributed by atoms with Gasteiger partial charge in [-0.25, -0.2) is 0 Å². The molecule has 26 heavy (non-hydrogen) atoms. The largest absolute Gasteiger partial charge is 0.490 e. The molecule has 4 aromatic rings. The molecule has 0 saturated heterocycles. The number of unbranched alkanes of at least 4 members (excludes halogenated alkanes) is 2. The molecule has 0 amide bonds. The van der Waals surface area contributed by atoms with E-state index < -0.39 is 0 Å². The van der Waals surface area contributed by atoms with Crippen LogP contribution in [0.5, 0.6) is 11.5 Å². The Balaban J connectivity index is 1.92. The van der Waals surface area contributed by atoms with Crippen LogP contribution in [0.2, 0.25) is 0 Å². The summed E-state index contributed by atoms with van der Waals surface area (Å²) in [7, 11) is 0. The number of ether oxygens (including phenoxy) is 2. The average molecular weight is 346 g/mol. The second-order valence-corrected chi connectivity index (χ2v) is 6.96. The number of benzene rings is 4. The van der Waals surface area contributed by atoms with Gasteiger partial charge in [0.15, 0.2) is 11.5 Å². The summed E-state index contributed by atoms with van der Waals surface area (Å²) in [6, 6.07) is 17.5. The van der Waals surface area contributed by atoms with Crippen molar-refractivity contribution in [2.75, 3.05) is 13.2 Å². The van der Waals surface area contributed by atoms with E-state index in [4.69, 9.17) is 9.47 Å². The molecule has 0 unspecified atom stereocenters. The molecule has 0 spiro atoms. The molecule has 0 aliphatic heterocycles. The van der Waals surface area contributed by atoms with E-state index in [9.17, 15) is 0 Å². The van der Waals surface area contributed by atoms with Crippen molar-refractivity contribution in [1.82, 2.24) is 0 Å². The van der Waals surface area contributed by atoms with E-state index in [-0.39, 0.29) is 0 Å². The van der Waals surface area contributed by atoms with Gasteiger partial charge in [0.25, 0.3) is 0 Å². The summed E-state index contributed by atoms with van der Waals surface area (Å²) in [6.07, 6.45) is 4.36. The molecule has 0 atom stereocenters. The number of hydrogen-bond acceptors (Lipinski definition) is 2. The van der Waals surface area contributed by atoms with Crippen molar-refractivity contribution in [3.8, 4) is 11.5 Å². The molecule has 0 N–H and O–H groups in total. The van der Waals surface area contributed by atoms with E-state index >= 15 is 0 Å². The van der Waals surface area contributed by atoms with Crippen LogP contribution in [-0.4, -0.2) is 13.2 Å². The van der Waals surface area contributed by atoms with Crippen LogP contribution in [0.4, 0.5) is 0 Å². The molecule has 0 heterocycles. The Morgan fingerprint density at radius 3 is 2.08 bits per heavy atom. The topological polar surface area (TPSA) is 18.5 Å². The van der Waals surface area contributed by atoms with Gasteiger partial charge < -0.3 is 9.47 Å². The third-order valence-corrected chi connectivity index (χ3v) is 5.06. The maximum Gasteiger partial charge on any atom is 0.169 e. The van der Waals surface area contributed by atoms with Crippen LogP contribution in [0.1, 0.15) is 39.5 Å². The lowest BCUT2D eigenvalue weighted by Gasteiger charge is -2.18. The van der Waals surface area contributed by atoms with Gasteiger partial charge in [0.1, 0.15) is 0 Å². The van der Waals surface area contributed by atoms with Crippen LogP contribution in [0.15, 0.2) is 48.5 Å². The van der Waals surface area contributed by atoms with Gasteiger partial charge >= 0.3 is 0 Å². The highest BCUT2D eigenvalue weighted by Gasteiger charge is 2.16. The monoisotopic (exact) mass is 346 g/mol. The highest BCUT2D eigenvalue weighted by atomic mass is 16.5. The average Bonchev–Trinajstić information content (AvgIpc) is 2.67. The molecule has 4 rings (SSSR count). The first kappa shape index (κ1) is 17.0. The minimum atomic E-state index is 0.727. The van der Waals surface area contributed by atoms with Crippen molar-refractivity contribution in [2.24, 2.45) is 0 Å². The fourth-order valence-corrected chi connectivity index (χ4v) is 3.66. The fourth-order valence-electron chi connectivity index (χ4n) is 3.66. The second kappa shape index (κ2) is 7.41. The van der Waals surface area contributed by atoms with Gasteiger partial charge in [-0.3, -0.25) is 0 Å². The van der Waals surface area contributed by atoms with Crippen LogP contribution in [-0.2, 0) is 0 Å². The first-order valence-corrected chi connectivity index (χ1v) is 9.79. The van der Waals surface area contributed by atoms with Crippen molar-refractivity contribution in [3.05, 3.63) is 48.5 Å². The summed E-state index contributed by atoms with van der Waals surface area (Å²) in [5.41, 5.74) is 0. The third kappa shape index (κ3) is 2.94. The Bertz CT molecular complexity index is 1000. The zero-order valence-corrected chi connectivity index (χ0v) is 15.7. The third-order valence-electron chi connectivity index (χ3n) is 5.06. The number of rotatable bonds is 8. The van der Waals surface area contributed by atoms with Crippen molar-refractivity contribution >= 4 is 32.3 Å². The normalized spacial score (nSPS) is 11.6. The van der Waals surface area contributed by atoms with Crippen molar-refractivity contribution in [3.63, 3.8) is 0 Å². The minimum absolute atomic E-state index is 0.727. The van der Waals surface area contributed by atoms with Crippen molar-refractivity contribution in [2.45, 2.75) is 39.5 Å². The van der Waals surface area contributed by atoms with Crippen LogP contribution in [0.3, 0.4) is 0 Å². The summed E-state index contributed by atoms with van der Waals surface area (Å²) < 4.78 is 12.4. The van der Waals surface area contributed by atoms with Crippen LogP contribution < -0.4 is 9.47 Å². The number of hydrogen-bond donors (Lipinski definition) is 0. The van der Waals surface area contributed by atoms with Crippen LogP contribution in [0, 0.1) is 0 Å². The Morgan fingerprint density at radius 2 is 1.35 bits per heavy atom. The quantitative estimate of drug-likeness (QED) is 0.254. The van der Waals surface area contributed by atoms with Gasteiger partial charge in [0, 0.05) is 10.8 Å². The standard InChI is InChI=1S/C24H26O2/c1-3-5-14-25-21-16-19-11-10-17-8-7-9-18-12-13-20(23(19)22(17)18)24(21)26-15-6-4-2/h7-13,16H,3-6,14-15H2,1-2H3. The maximum absolute atomic E-state index is 6.24. The molecular formula is C24H26O2. The molecule has 4 aromatic carbocycles. The van der Waals surface area contributed by atoms with Gasteiger partial charge in [0.05, 0.1) is 13.2 Å². The molecular weight excluding hydrogens is 320 g/mol. The molecule has 134 valence electrons. The lowest BCUT2D eigenvalue weighted by molar-refractivity contribution is 0.265. The molecule has 0 aliphatic carbocycles. The molecule has 0 aromatic heterocycles. The Kier molecular flexibility index (Phi) is 4.83. The van der Waals surface area contributed by atoms with Gasteiger partial charge in [-0.1, -0.05) is 63.1 Å². The first-order valence-electron chi connectivity index (χ1n) is 9.79. The molecule has 2 heteroatoms. The van der Waals surface area contributed by atoms with E-state index in [1.54, 1.807) is 0 Å². The highest BCUT2D eigenvalue weighted by Crippen LogP contribution is 2.44. The molecule has 0 bridgehead atoms. The van der Waals surface area contributed by atoms with E-state index in [0.717, 1.165) is 55.8 Å². The maximum atomic E-state index is 6.24. The predicted octanol–water partition coefficient (Wildman–Crippen LogP) is 6.94. The smallest absolute Gasteiger partial charge is 0.169 e. The van der Waals surface area contributed by atoms with Crippen molar-refractivity contribution in [1.29, 1.82) is 0 Å². The van der Waals surface area contributed by atoms with Gasteiger partial charge in [-0.2, -0.15) is 0 Å². The summed E-state index contributed by atoms with van der Waals surface area (Å²) >= 11 is 0.